The van der Waals surface area contributed by atoms with Crippen LogP contribution < -0.4 is 5.32 Å². The third-order valence-electron chi connectivity index (χ3n) is 3.52. The molecule has 1 amide bonds. The van der Waals surface area contributed by atoms with Crippen molar-refractivity contribution in [2.75, 3.05) is 0 Å². The van der Waals surface area contributed by atoms with E-state index in [1.807, 2.05) is 30.3 Å². The fourth-order valence-corrected chi connectivity index (χ4v) is 2.31. The molecule has 0 unspecified atom stereocenters. The number of carbonyl (C=O) groups excluding carboxylic acids is 1. The van der Waals surface area contributed by atoms with E-state index in [0.29, 0.717) is 12.1 Å². The predicted octanol–water partition coefficient (Wildman–Crippen LogP) is 3.38. The van der Waals surface area contributed by atoms with E-state index in [2.05, 4.69) is 10.3 Å². The Hall–Kier alpha value is -3.14. The number of hydrogen-bond donors (Lipinski definition) is 2. The molecule has 3 rings (SSSR count). The van der Waals surface area contributed by atoms with Gasteiger partial charge in [0.1, 0.15) is 5.75 Å². The van der Waals surface area contributed by atoms with Crippen LogP contribution in [0.25, 0.3) is 11.1 Å². The second-order valence-corrected chi connectivity index (χ2v) is 5.17. The van der Waals surface area contributed by atoms with Crippen molar-refractivity contribution in [3.8, 4) is 16.9 Å². The summed E-state index contributed by atoms with van der Waals surface area (Å²) < 4.78 is 0. The zero-order valence-electron chi connectivity index (χ0n) is 12.4. The number of benzene rings is 2. The van der Waals surface area contributed by atoms with Gasteiger partial charge in [-0.2, -0.15) is 0 Å². The highest BCUT2D eigenvalue weighted by Gasteiger charge is 2.06. The van der Waals surface area contributed by atoms with Gasteiger partial charge in [0, 0.05) is 24.5 Å². The minimum atomic E-state index is -0.144. The Labute approximate surface area is 134 Å². The Morgan fingerprint density at radius 2 is 1.65 bits per heavy atom. The molecule has 2 aromatic carbocycles. The van der Waals surface area contributed by atoms with Gasteiger partial charge in [-0.05, 0) is 53.1 Å². The molecule has 0 spiro atoms. The van der Waals surface area contributed by atoms with Gasteiger partial charge < -0.3 is 10.4 Å². The average molecular weight is 304 g/mol. The Morgan fingerprint density at radius 3 is 2.35 bits per heavy atom. The van der Waals surface area contributed by atoms with Gasteiger partial charge in [-0.15, -0.1) is 0 Å². The number of hydrogen-bond acceptors (Lipinski definition) is 3. The maximum absolute atomic E-state index is 12.2. The number of phenolic OH excluding ortho intramolecular Hbond substituents is 1. The quantitative estimate of drug-likeness (QED) is 0.776. The third kappa shape index (κ3) is 3.74. The summed E-state index contributed by atoms with van der Waals surface area (Å²) in [6, 6.07) is 18.1. The predicted molar refractivity (Wildman–Crippen MR) is 89.0 cm³/mol. The maximum Gasteiger partial charge on any atom is 0.251 e. The monoisotopic (exact) mass is 304 g/mol. The lowest BCUT2D eigenvalue weighted by atomic mass is 10.0. The molecule has 114 valence electrons. The van der Waals surface area contributed by atoms with Crippen molar-refractivity contribution in [2.45, 2.75) is 6.54 Å². The van der Waals surface area contributed by atoms with E-state index in [9.17, 15) is 9.90 Å². The molecule has 4 heteroatoms. The topological polar surface area (TPSA) is 62.2 Å². The molecule has 2 N–H and O–H groups in total. The van der Waals surface area contributed by atoms with Gasteiger partial charge in [-0.1, -0.05) is 24.3 Å². The Bertz CT molecular complexity index is 799. The largest absolute Gasteiger partial charge is 0.508 e. The number of phenols is 1. The first-order valence-corrected chi connectivity index (χ1v) is 7.29. The molecule has 3 aromatic rings. The summed E-state index contributed by atoms with van der Waals surface area (Å²) >= 11 is 0. The van der Waals surface area contributed by atoms with Crippen molar-refractivity contribution in [2.24, 2.45) is 0 Å². The molecule has 23 heavy (non-hydrogen) atoms. The van der Waals surface area contributed by atoms with Crippen molar-refractivity contribution in [3.63, 3.8) is 0 Å². The number of rotatable bonds is 4. The van der Waals surface area contributed by atoms with Crippen LogP contribution in [0.4, 0.5) is 0 Å². The molecule has 1 heterocycles. The van der Waals surface area contributed by atoms with Gasteiger partial charge >= 0.3 is 0 Å². The smallest absolute Gasteiger partial charge is 0.251 e. The molecular weight excluding hydrogens is 288 g/mol. The van der Waals surface area contributed by atoms with Crippen molar-refractivity contribution >= 4 is 5.91 Å². The van der Waals surface area contributed by atoms with Gasteiger partial charge in [0.15, 0.2) is 0 Å². The molecule has 0 atom stereocenters. The number of pyridine rings is 1. The van der Waals surface area contributed by atoms with Crippen LogP contribution in [-0.2, 0) is 6.54 Å². The van der Waals surface area contributed by atoms with Crippen molar-refractivity contribution in [1.82, 2.24) is 10.3 Å². The van der Waals surface area contributed by atoms with Crippen molar-refractivity contribution in [3.05, 3.63) is 84.2 Å². The molecule has 0 radical (unpaired) electrons. The van der Waals surface area contributed by atoms with Crippen LogP contribution in [0.5, 0.6) is 5.75 Å². The fourth-order valence-electron chi connectivity index (χ4n) is 2.31. The van der Waals surface area contributed by atoms with E-state index in [-0.39, 0.29) is 11.7 Å². The van der Waals surface area contributed by atoms with E-state index < -0.39 is 0 Å². The molecule has 0 aliphatic heterocycles. The number of amides is 1. The lowest BCUT2D eigenvalue weighted by Gasteiger charge is -2.07. The van der Waals surface area contributed by atoms with Crippen LogP contribution in [0, 0.1) is 0 Å². The molecule has 0 saturated heterocycles. The highest BCUT2D eigenvalue weighted by atomic mass is 16.3. The summed E-state index contributed by atoms with van der Waals surface area (Å²) in [7, 11) is 0. The normalized spacial score (nSPS) is 10.3. The average Bonchev–Trinajstić information content (AvgIpc) is 2.61. The summed E-state index contributed by atoms with van der Waals surface area (Å²) in [5, 5.41) is 12.3. The lowest BCUT2D eigenvalue weighted by Crippen LogP contribution is -2.22. The number of aromatic hydroxyl groups is 1. The zero-order chi connectivity index (χ0) is 16.1. The number of aromatic nitrogens is 1. The van der Waals surface area contributed by atoms with Crippen LogP contribution in [0.2, 0.25) is 0 Å². The third-order valence-corrected chi connectivity index (χ3v) is 3.52. The van der Waals surface area contributed by atoms with Gasteiger partial charge in [0.25, 0.3) is 5.91 Å². The minimum Gasteiger partial charge on any atom is -0.508 e. The van der Waals surface area contributed by atoms with E-state index in [1.165, 1.54) is 0 Å². The second-order valence-electron chi connectivity index (χ2n) is 5.17. The summed E-state index contributed by atoms with van der Waals surface area (Å²) in [4.78, 5) is 16.2. The highest BCUT2D eigenvalue weighted by Crippen LogP contribution is 2.18. The summed E-state index contributed by atoms with van der Waals surface area (Å²) in [6.45, 7) is 0.374. The molecule has 0 saturated carbocycles. The molecule has 0 aliphatic rings. The standard InChI is InChI=1S/C19H16N2O2/c22-18-3-1-2-14(12-18)13-21-19(23)17-6-4-15(5-7-17)16-8-10-20-11-9-16/h1-12,22H,13H2,(H,21,23). The molecule has 4 nitrogen and oxygen atoms in total. The van der Waals surface area contributed by atoms with Crippen LogP contribution in [0.15, 0.2) is 73.1 Å². The van der Waals surface area contributed by atoms with E-state index in [4.69, 9.17) is 0 Å². The van der Waals surface area contributed by atoms with E-state index in [0.717, 1.165) is 16.7 Å². The minimum absolute atomic E-state index is 0.144. The van der Waals surface area contributed by atoms with E-state index in [1.54, 1.807) is 42.7 Å². The maximum atomic E-state index is 12.2. The Morgan fingerprint density at radius 1 is 0.957 bits per heavy atom. The summed E-state index contributed by atoms with van der Waals surface area (Å²) in [5.41, 5.74) is 3.55. The second kappa shape index (κ2) is 6.75. The first kappa shape index (κ1) is 14.8. The van der Waals surface area contributed by atoms with Gasteiger partial charge in [0.2, 0.25) is 0 Å². The van der Waals surface area contributed by atoms with Gasteiger partial charge in [-0.3, -0.25) is 9.78 Å². The molecule has 0 aliphatic carbocycles. The fraction of sp³-hybridized carbons (Fsp3) is 0.0526. The van der Waals surface area contributed by atoms with Crippen LogP contribution in [0.1, 0.15) is 15.9 Å². The summed E-state index contributed by atoms with van der Waals surface area (Å²) in [5.74, 6) is 0.0491. The lowest BCUT2D eigenvalue weighted by molar-refractivity contribution is 0.0951. The first-order chi connectivity index (χ1) is 11.2. The van der Waals surface area contributed by atoms with Crippen LogP contribution in [0.3, 0.4) is 0 Å². The first-order valence-electron chi connectivity index (χ1n) is 7.29. The SMILES string of the molecule is O=C(NCc1cccc(O)c1)c1ccc(-c2ccncc2)cc1. The Balaban J connectivity index is 1.66. The summed E-state index contributed by atoms with van der Waals surface area (Å²) in [6.07, 6.45) is 3.48. The number of carbonyl (C=O) groups is 1. The van der Waals surface area contributed by atoms with Gasteiger partial charge in [-0.25, -0.2) is 0 Å². The van der Waals surface area contributed by atoms with E-state index >= 15 is 0 Å². The van der Waals surface area contributed by atoms with Crippen molar-refractivity contribution in [1.29, 1.82) is 0 Å². The number of nitrogens with one attached hydrogen (secondary N) is 1. The zero-order valence-corrected chi connectivity index (χ0v) is 12.4. The highest BCUT2D eigenvalue weighted by molar-refractivity contribution is 5.94. The molecule has 0 bridgehead atoms. The van der Waals surface area contributed by atoms with Gasteiger partial charge in [0.05, 0.1) is 0 Å². The van der Waals surface area contributed by atoms with Crippen LogP contribution in [-0.4, -0.2) is 16.0 Å². The molecule has 0 fully saturated rings. The van der Waals surface area contributed by atoms with Crippen LogP contribution >= 0.6 is 0 Å². The molecular formula is C19H16N2O2. The number of nitrogens with zero attached hydrogens (tertiary/aromatic N) is 1. The van der Waals surface area contributed by atoms with Crippen molar-refractivity contribution < 1.29 is 9.90 Å². The Kier molecular flexibility index (Phi) is 4.34. The molecule has 1 aromatic heterocycles.